The second-order valence-corrected chi connectivity index (χ2v) is 8.00. The van der Waals surface area contributed by atoms with Crippen molar-refractivity contribution in [3.05, 3.63) is 35.4 Å². The van der Waals surface area contributed by atoms with Crippen LogP contribution in [0.4, 0.5) is 0 Å². The first-order valence-electron chi connectivity index (χ1n) is 8.10. The molecule has 0 heterocycles. The van der Waals surface area contributed by atoms with Gasteiger partial charge in [0.15, 0.2) is 5.96 Å². The summed E-state index contributed by atoms with van der Waals surface area (Å²) in [6.07, 6.45) is 2.25. The Morgan fingerprint density at radius 1 is 1.21 bits per heavy atom. The van der Waals surface area contributed by atoms with Crippen LogP contribution in [-0.4, -0.2) is 65.1 Å². The van der Waals surface area contributed by atoms with Crippen molar-refractivity contribution in [3.63, 3.8) is 0 Å². The van der Waals surface area contributed by atoms with Crippen LogP contribution in [0.1, 0.15) is 18.1 Å². The second kappa shape index (κ2) is 10.3. The normalized spacial score (nSPS) is 12.2. The van der Waals surface area contributed by atoms with Gasteiger partial charge in [0.1, 0.15) is 9.84 Å². The number of aryl methyl sites for hydroxylation is 1. The van der Waals surface area contributed by atoms with E-state index in [-0.39, 0.29) is 12.4 Å². The van der Waals surface area contributed by atoms with Gasteiger partial charge in [-0.05, 0) is 17.5 Å². The van der Waals surface area contributed by atoms with E-state index in [0.29, 0.717) is 13.2 Å². The molecule has 0 bridgehead atoms. The molecule has 0 aliphatic carbocycles. The molecule has 0 unspecified atom stereocenters. The molecule has 0 aromatic heterocycles. The predicted molar refractivity (Wildman–Crippen MR) is 99.2 cm³/mol. The lowest BCUT2D eigenvalue weighted by Gasteiger charge is -2.22. The number of hydrogen-bond donors (Lipinski definition) is 1. The van der Waals surface area contributed by atoms with Gasteiger partial charge in [-0.1, -0.05) is 31.2 Å². The lowest BCUT2D eigenvalue weighted by Crippen LogP contribution is -2.40. The fourth-order valence-electron chi connectivity index (χ4n) is 2.16. The van der Waals surface area contributed by atoms with Crippen LogP contribution in [0.5, 0.6) is 0 Å². The molecule has 0 aliphatic heterocycles. The highest BCUT2D eigenvalue weighted by Gasteiger charge is 2.06. The van der Waals surface area contributed by atoms with Crippen molar-refractivity contribution in [2.75, 3.05) is 45.9 Å². The molecule has 6 nitrogen and oxygen atoms in total. The fraction of sp³-hybridized carbons (Fsp3) is 0.588. The molecule has 1 rings (SSSR count). The third-order valence-corrected chi connectivity index (χ3v) is 4.46. The van der Waals surface area contributed by atoms with Gasteiger partial charge in [0, 0.05) is 33.4 Å². The van der Waals surface area contributed by atoms with Crippen molar-refractivity contribution in [3.8, 4) is 0 Å². The van der Waals surface area contributed by atoms with E-state index in [9.17, 15) is 8.42 Å². The highest BCUT2D eigenvalue weighted by Crippen LogP contribution is 2.07. The van der Waals surface area contributed by atoms with E-state index in [1.807, 2.05) is 11.9 Å². The number of ether oxygens (including phenoxy) is 1. The first-order chi connectivity index (χ1) is 11.4. The van der Waals surface area contributed by atoms with Crippen molar-refractivity contribution in [2.24, 2.45) is 4.99 Å². The minimum Gasteiger partial charge on any atom is -0.379 e. The van der Waals surface area contributed by atoms with E-state index >= 15 is 0 Å². The Labute approximate surface area is 145 Å². The maximum Gasteiger partial charge on any atom is 0.193 e. The summed E-state index contributed by atoms with van der Waals surface area (Å²) < 4.78 is 27.3. The third-order valence-electron chi connectivity index (χ3n) is 3.55. The van der Waals surface area contributed by atoms with E-state index in [0.717, 1.165) is 18.9 Å². The van der Waals surface area contributed by atoms with Crippen LogP contribution in [0.15, 0.2) is 29.3 Å². The Kier molecular flexibility index (Phi) is 8.78. The maximum absolute atomic E-state index is 11.0. The SMILES string of the molecule is CCc1ccc(CN(C)C(=NC)NCCOCCS(C)(=O)=O)cc1. The maximum atomic E-state index is 11.0. The number of benzene rings is 1. The van der Waals surface area contributed by atoms with Crippen molar-refractivity contribution in [1.82, 2.24) is 10.2 Å². The van der Waals surface area contributed by atoms with Gasteiger partial charge in [0.25, 0.3) is 0 Å². The van der Waals surface area contributed by atoms with Gasteiger partial charge in [-0.3, -0.25) is 4.99 Å². The predicted octanol–water partition coefficient (Wildman–Crippen LogP) is 1.32. The summed E-state index contributed by atoms with van der Waals surface area (Å²) in [4.78, 5) is 6.29. The number of rotatable bonds is 9. The van der Waals surface area contributed by atoms with Gasteiger partial charge in [0.05, 0.1) is 19.0 Å². The Hall–Kier alpha value is -1.60. The molecular weight excluding hydrogens is 326 g/mol. The van der Waals surface area contributed by atoms with Crippen molar-refractivity contribution < 1.29 is 13.2 Å². The van der Waals surface area contributed by atoms with Gasteiger partial charge in [0.2, 0.25) is 0 Å². The Bertz CT molecular complexity index is 612. The molecule has 0 fully saturated rings. The van der Waals surface area contributed by atoms with Crippen LogP contribution in [-0.2, 0) is 27.5 Å². The summed E-state index contributed by atoms with van der Waals surface area (Å²) in [7, 11) is 0.757. The second-order valence-electron chi connectivity index (χ2n) is 5.74. The van der Waals surface area contributed by atoms with E-state index < -0.39 is 9.84 Å². The number of sulfone groups is 1. The fourth-order valence-corrected chi connectivity index (χ4v) is 2.58. The first-order valence-corrected chi connectivity index (χ1v) is 10.2. The summed E-state index contributed by atoms with van der Waals surface area (Å²) in [5.41, 5.74) is 2.55. The smallest absolute Gasteiger partial charge is 0.193 e. The van der Waals surface area contributed by atoms with E-state index in [2.05, 4.69) is 41.5 Å². The van der Waals surface area contributed by atoms with Crippen molar-refractivity contribution >= 4 is 15.8 Å². The van der Waals surface area contributed by atoms with Crippen LogP contribution in [0.2, 0.25) is 0 Å². The van der Waals surface area contributed by atoms with Gasteiger partial charge >= 0.3 is 0 Å². The summed E-state index contributed by atoms with van der Waals surface area (Å²) in [6, 6.07) is 8.57. The van der Waals surface area contributed by atoms with Crippen molar-refractivity contribution in [2.45, 2.75) is 19.9 Å². The summed E-state index contributed by atoms with van der Waals surface area (Å²) >= 11 is 0. The number of nitrogens with one attached hydrogen (secondary N) is 1. The molecule has 0 radical (unpaired) electrons. The Balaban J connectivity index is 2.34. The molecule has 0 atom stereocenters. The molecule has 136 valence electrons. The van der Waals surface area contributed by atoms with E-state index in [1.165, 1.54) is 17.4 Å². The lowest BCUT2D eigenvalue weighted by atomic mass is 10.1. The monoisotopic (exact) mass is 355 g/mol. The zero-order valence-corrected chi connectivity index (χ0v) is 15.9. The molecular formula is C17H29N3O3S. The summed E-state index contributed by atoms with van der Waals surface area (Å²) in [5.74, 6) is 0.830. The lowest BCUT2D eigenvalue weighted by molar-refractivity contribution is 0.153. The summed E-state index contributed by atoms with van der Waals surface area (Å²) in [5, 5.41) is 3.21. The standard InChI is InChI=1S/C17H29N3O3S/c1-5-15-6-8-16(9-7-15)14-20(3)17(18-2)19-10-11-23-12-13-24(4,21)22/h6-9H,5,10-14H2,1-4H3,(H,18,19). The number of hydrogen-bond acceptors (Lipinski definition) is 4. The number of nitrogens with zero attached hydrogens (tertiary/aromatic N) is 2. The van der Waals surface area contributed by atoms with E-state index in [1.54, 1.807) is 7.05 Å². The Morgan fingerprint density at radius 2 is 1.83 bits per heavy atom. The molecule has 1 aromatic carbocycles. The highest BCUT2D eigenvalue weighted by molar-refractivity contribution is 7.90. The molecule has 7 heteroatoms. The molecule has 0 amide bonds. The average molecular weight is 356 g/mol. The molecule has 0 spiro atoms. The van der Waals surface area contributed by atoms with Crippen LogP contribution >= 0.6 is 0 Å². The first kappa shape index (κ1) is 20.4. The molecule has 0 saturated carbocycles. The van der Waals surface area contributed by atoms with Crippen LogP contribution in [0, 0.1) is 0 Å². The number of aliphatic imine (C=N–C) groups is 1. The molecule has 1 aromatic rings. The van der Waals surface area contributed by atoms with Gasteiger partial charge in [-0.2, -0.15) is 0 Å². The van der Waals surface area contributed by atoms with Gasteiger partial charge < -0.3 is 15.0 Å². The quantitative estimate of drug-likeness (QED) is 0.411. The summed E-state index contributed by atoms with van der Waals surface area (Å²) in [6.45, 7) is 4.14. The zero-order chi connectivity index (χ0) is 18.0. The minimum absolute atomic E-state index is 0.0510. The van der Waals surface area contributed by atoms with Gasteiger partial charge in [-0.25, -0.2) is 8.42 Å². The van der Waals surface area contributed by atoms with Crippen LogP contribution in [0.25, 0.3) is 0 Å². The van der Waals surface area contributed by atoms with Crippen LogP contribution < -0.4 is 5.32 Å². The third kappa shape index (κ3) is 8.31. The van der Waals surface area contributed by atoms with E-state index in [4.69, 9.17) is 4.74 Å². The molecule has 0 aliphatic rings. The molecule has 0 saturated heterocycles. The number of guanidine groups is 1. The Morgan fingerprint density at radius 3 is 2.38 bits per heavy atom. The van der Waals surface area contributed by atoms with Gasteiger partial charge in [-0.15, -0.1) is 0 Å². The highest BCUT2D eigenvalue weighted by atomic mass is 32.2. The van der Waals surface area contributed by atoms with Crippen LogP contribution in [0.3, 0.4) is 0 Å². The van der Waals surface area contributed by atoms with Crippen molar-refractivity contribution in [1.29, 1.82) is 0 Å². The topological polar surface area (TPSA) is 71.0 Å². The molecule has 1 N–H and O–H groups in total. The largest absolute Gasteiger partial charge is 0.379 e. The average Bonchev–Trinajstić information content (AvgIpc) is 2.53. The minimum atomic E-state index is -2.96. The zero-order valence-electron chi connectivity index (χ0n) is 15.1. The molecule has 24 heavy (non-hydrogen) atoms.